The van der Waals surface area contributed by atoms with Crippen LogP contribution in [-0.4, -0.2) is 22.4 Å². The lowest BCUT2D eigenvalue weighted by molar-refractivity contribution is 0.121. The maximum atomic E-state index is 14.0. The van der Waals surface area contributed by atoms with E-state index in [4.69, 9.17) is 5.73 Å². The number of halogens is 6. The first-order chi connectivity index (χ1) is 13.2. The number of rotatable bonds is 6. The Morgan fingerprint density at radius 1 is 1.18 bits per heavy atom. The van der Waals surface area contributed by atoms with Gasteiger partial charge in [-0.25, -0.2) is 31.3 Å². The summed E-state index contributed by atoms with van der Waals surface area (Å²) in [5.74, 6) is -6.40. The smallest absolute Gasteiger partial charge is 0.257 e. The number of nitrogens with two attached hydrogens (primary N) is 1. The van der Waals surface area contributed by atoms with E-state index in [1.54, 1.807) is 0 Å². The summed E-state index contributed by atoms with van der Waals surface area (Å²) in [7, 11) is 0. The molecule has 4 N–H and O–H groups in total. The molecule has 28 heavy (non-hydrogen) atoms. The fourth-order valence-corrected chi connectivity index (χ4v) is 2.50. The quantitative estimate of drug-likeness (QED) is 0.646. The van der Waals surface area contributed by atoms with Crippen molar-refractivity contribution in [2.75, 3.05) is 0 Å². The minimum Gasteiger partial charge on any atom is -0.365 e. The van der Waals surface area contributed by atoms with Crippen molar-refractivity contribution in [1.29, 1.82) is 0 Å². The van der Waals surface area contributed by atoms with Crippen molar-refractivity contribution < 1.29 is 26.3 Å². The number of aliphatic imine (C=N–C) groups is 1. The molecule has 0 saturated carbocycles. The Bertz CT molecular complexity index is 916. The van der Waals surface area contributed by atoms with Crippen LogP contribution >= 0.6 is 0 Å². The van der Waals surface area contributed by atoms with Crippen LogP contribution in [0.15, 0.2) is 41.2 Å². The molecule has 1 atom stereocenters. The van der Waals surface area contributed by atoms with Crippen LogP contribution in [0, 0.1) is 17.5 Å². The highest BCUT2D eigenvalue weighted by atomic mass is 19.3. The summed E-state index contributed by atoms with van der Waals surface area (Å²) >= 11 is 0. The Kier molecular flexibility index (Phi) is 5.31. The van der Waals surface area contributed by atoms with Gasteiger partial charge in [-0.3, -0.25) is 10.4 Å². The summed E-state index contributed by atoms with van der Waals surface area (Å²) in [6.07, 6.45) is 0.504. The van der Waals surface area contributed by atoms with E-state index in [0.29, 0.717) is 12.1 Å². The molecule has 2 aromatic rings. The molecule has 150 valence electrons. The maximum absolute atomic E-state index is 14.0. The highest BCUT2D eigenvalue weighted by Gasteiger charge is 2.33. The zero-order chi connectivity index (χ0) is 20.5. The van der Waals surface area contributed by atoms with Crippen molar-refractivity contribution in [3.05, 3.63) is 64.8 Å². The molecule has 1 aromatic carbocycles. The molecule has 1 aliphatic rings. The van der Waals surface area contributed by atoms with Crippen LogP contribution in [0.25, 0.3) is 0 Å². The van der Waals surface area contributed by atoms with Crippen molar-refractivity contribution in [3.8, 4) is 0 Å². The fourth-order valence-electron chi connectivity index (χ4n) is 2.50. The second kappa shape index (κ2) is 7.54. The Morgan fingerprint density at radius 3 is 2.50 bits per heavy atom. The van der Waals surface area contributed by atoms with Gasteiger partial charge in [0.25, 0.3) is 6.43 Å². The first-order valence-electron chi connectivity index (χ1n) is 7.88. The number of nitrogens with zero attached hydrogens (tertiary/aromatic N) is 3. The Morgan fingerprint density at radius 2 is 1.86 bits per heavy atom. The molecule has 12 heteroatoms. The highest BCUT2D eigenvalue weighted by Crippen LogP contribution is 2.23. The largest absolute Gasteiger partial charge is 0.365 e. The summed E-state index contributed by atoms with van der Waals surface area (Å²) < 4.78 is 80.3. The Balaban J connectivity index is 1.76. The van der Waals surface area contributed by atoms with Gasteiger partial charge in [0.2, 0.25) is 5.79 Å². The average molecular weight is 404 g/mol. The molecular weight excluding hydrogens is 390 g/mol. The lowest BCUT2D eigenvalue weighted by Gasteiger charge is -2.31. The molecule has 1 aromatic heterocycles. The van der Waals surface area contributed by atoms with Gasteiger partial charge in [0.05, 0.1) is 18.0 Å². The van der Waals surface area contributed by atoms with E-state index in [0.717, 1.165) is 10.9 Å². The first kappa shape index (κ1) is 19.7. The minimum absolute atomic E-state index is 0.148. The number of hydrogen-bond donors (Lipinski definition) is 3. The van der Waals surface area contributed by atoms with E-state index < -0.39 is 54.1 Å². The van der Waals surface area contributed by atoms with Gasteiger partial charge in [0, 0.05) is 30.4 Å². The van der Waals surface area contributed by atoms with Crippen molar-refractivity contribution in [3.63, 3.8) is 0 Å². The second-order valence-corrected chi connectivity index (χ2v) is 5.92. The summed E-state index contributed by atoms with van der Waals surface area (Å²) in [5.41, 5.74) is 5.67. The summed E-state index contributed by atoms with van der Waals surface area (Å²) in [5, 5.41) is 8.65. The number of aromatic nitrogens is 2. The van der Waals surface area contributed by atoms with Crippen LogP contribution in [0.2, 0.25) is 0 Å². The zero-order valence-corrected chi connectivity index (χ0v) is 14.1. The number of hydrogen-bond acceptors (Lipinski definition) is 5. The van der Waals surface area contributed by atoms with Crippen LogP contribution in [0.4, 0.5) is 26.3 Å². The number of allylic oxidation sites excluding steroid dienone is 1. The summed E-state index contributed by atoms with van der Waals surface area (Å²) in [6.45, 7) is -1.19. The standard InChI is InChI=1S/C16H14F6N6/c17-9-1-11(18)10(12(19)2-9)4-24-15-13(20)5-25-16(23,27-15)8-3-26-28(6-8)7-14(21)22/h1-3,5-6,14,24,27H,4,7,23H2. The van der Waals surface area contributed by atoms with E-state index in [-0.39, 0.29) is 11.4 Å². The van der Waals surface area contributed by atoms with Gasteiger partial charge in [-0.05, 0) is 0 Å². The summed E-state index contributed by atoms with van der Waals surface area (Å²) in [6, 6.07) is 0.983. The van der Waals surface area contributed by atoms with Crippen molar-refractivity contribution in [1.82, 2.24) is 20.4 Å². The third-order valence-electron chi connectivity index (χ3n) is 3.88. The zero-order valence-electron chi connectivity index (χ0n) is 14.1. The number of alkyl halides is 2. The predicted molar refractivity (Wildman–Crippen MR) is 87.0 cm³/mol. The van der Waals surface area contributed by atoms with E-state index in [9.17, 15) is 26.3 Å². The molecule has 6 nitrogen and oxygen atoms in total. The van der Waals surface area contributed by atoms with Crippen LogP contribution in [0.5, 0.6) is 0 Å². The maximum Gasteiger partial charge on any atom is 0.257 e. The topological polar surface area (TPSA) is 80.3 Å². The van der Waals surface area contributed by atoms with Gasteiger partial charge in [-0.15, -0.1) is 0 Å². The molecule has 0 radical (unpaired) electrons. The summed E-state index contributed by atoms with van der Waals surface area (Å²) in [4.78, 5) is 3.79. The molecule has 0 bridgehead atoms. The van der Waals surface area contributed by atoms with Gasteiger partial charge in [-0.2, -0.15) is 5.10 Å². The Labute approximate surface area is 154 Å². The van der Waals surface area contributed by atoms with E-state index in [1.807, 2.05) is 0 Å². The van der Waals surface area contributed by atoms with E-state index >= 15 is 0 Å². The van der Waals surface area contributed by atoms with Crippen molar-refractivity contribution >= 4 is 6.21 Å². The van der Waals surface area contributed by atoms with Crippen molar-refractivity contribution in [2.45, 2.75) is 25.3 Å². The lowest BCUT2D eigenvalue weighted by atomic mass is 10.1. The second-order valence-electron chi connectivity index (χ2n) is 5.92. The first-order valence-corrected chi connectivity index (χ1v) is 7.88. The molecule has 0 saturated heterocycles. The van der Waals surface area contributed by atoms with Gasteiger partial charge in [0.1, 0.15) is 29.8 Å². The normalized spacial score (nSPS) is 19.3. The molecule has 0 spiro atoms. The molecule has 0 fully saturated rings. The predicted octanol–water partition coefficient (Wildman–Crippen LogP) is 2.24. The molecule has 1 aliphatic heterocycles. The molecule has 1 unspecified atom stereocenters. The van der Waals surface area contributed by atoms with Gasteiger partial charge >= 0.3 is 0 Å². The molecule has 0 aliphatic carbocycles. The fraction of sp³-hybridized carbons (Fsp3) is 0.250. The Hall–Kier alpha value is -3.02. The molecule has 3 rings (SSSR count). The van der Waals surface area contributed by atoms with Crippen LogP contribution < -0.4 is 16.4 Å². The number of nitrogens with one attached hydrogen (secondary N) is 2. The van der Waals surface area contributed by atoms with E-state index in [1.165, 1.54) is 12.4 Å². The molecule has 2 heterocycles. The van der Waals surface area contributed by atoms with Crippen LogP contribution in [-0.2, 0) is 18.9 Å². The lowest BCUT2D eigenvalue weighted by Crippen LogP contribution is -2.52. The van der Waals surface area contributed by atoms with E-state index in [2.05, 4.69) is 20.7 Å². The number of benzene rings is 1. The minimum atomic E-state index is -2.64. The van der Waals surface area contributed by atoms with Gasteiger partial charge in [-0.1, -0.05) is 0 Å². The van der Waals surface area contributed by atoms with Crippen LogP contribution in [0.1, 0.15) is 11.1 Å². The third-order valence-corrected chi connectivity index (χ3v) is 3.88. The average Bonchev–Trinajstić information content (AvgIpc) is 3.05. The third kappa shape index (κ3) is 4.11. The monoisotopic (exact) mass is 404 g/mol. The van der Waals surface area contributed by atoms with Gasteiger partial charge < -0.3 is 10.6 Å². The molecule has 0 amide bonds. The SMILES string of the molecule is NC1(c2cnn(CC(F)F)c2)N=CC(F)=C(NCc2c(F)cc(F)cc2F)N1. The van der Waals surface area contributed by atoms with Crippen LogP contribution in [0.3, 0.4) is 0 Å². The molecular formula is C16H14F6N6. The van der Waals surface area contributed by atoms with Gasteiger partial charge in [0.15, 0.2) is 5.83 Å². The highest BCUT2D eigenvalue weighted by molar-refractivity contribution is 5.78. The van der Waals surface area contributed by atoms with Crippen molar-refractivity contribution in [2.24, 2.45) is 10.7 Å².